The second-order valence-electron chi connectivity index (χ2n) is 7.65. The molecular weight excluding hydrogens is 456 g/mol. The topological polar surface area (TPSA) is 157 Å². The monoisotopic (exact) mass is 482 g/mol. The number of aromatic amines is 1. The molecule has 0 unspecified atom stereocenters. The molecule has 0 radical (unpaired) electrons. The molecule has 0 bridgehead atoms. The number of nitrogens with two attached hydrogens (primary N) is 1. The number of amides is 1. The number of ether oxygens (including phenoxy) is 2. The molecular formula is C24H26N4O7. The molecule has 0 aliphatic carbocycles. The molecule has 3 rings (SSSR count). The van der Waals surface area contributed by atoms with Gasteiger partial charge in [-0.25, -0.2) is 9.59 Å². The number of esters is 1. The van der Waals surface area contributed by atoms with Crippen LogP contribution in [0.1, 0.15) is 21.5 Å². The number of carbonyl (C=O) groups excluding carboxylic acids is 2. The van der Waals surface area contributed by atoms with Crippen molar-refractivity contribution in [3.8, 4) is 5.75 Å². The van der Waals surface area contributed by atoms with Crippen molar-refractivity contribution < 1.29 is 24.2 Å². The van der Waals surface area contributed by atoms with E-state index in [1.54, 1.807) is 43.3 Å². The number of phenolic OH excluding ortho intramolecular Hbond substituents is 1. The molecule has 0 aliphatic heterocycles. The number of benzene rings is 2. The summed E-state index contributed by atoms with van der Waals surface area (Å²) >= 11 is 0. The van der Waals surface area contributed by atoms with Crippen molar-refractivity contribution >= 4 is 23.4 Å². The van der Waals surface area contributed by atoms with Gasteiger partial charge in [-0.05, 0) is 24.1 Å². The highest BCUT2D eigenvalue weighted by Gasteiger charge is 2.26. The van der Waals surface area contributed by atoms with E-state index in [0.717, 1.165) is 15.0 Å². The Hall–Kier alpha value is -4.38. The summed E-state index contributed by atoms with van der Waals surface area (Å²) in [6.45, 7) is 0.869. The van der Waals surface area contributed by atoms with E-state index in [-0.39, 0.29) is 42.5 Å². The Morgan fingerprint density at radius 3 is 2.51 bits per heavy atom. The molecule has 1 heterocycles. The maximum Gasteiger partial charge on any atom is 0.342 e. The predicted molar refractivity (Wildman–Crippen MR) is 129 cm³/mol. The summed E-state index contributed by atoms with van der Waals surface area (Å²) in [6.07, 6.45) is 0. The number of carbonyl (C=O) groups is 2. The number of hydrogen-bond donors (Lipinski definition) is 3. The Labute approximate surface area is 200 Å². The Morgan fingerprint density at radius 1 is 1.11 bits per heavy atom. The van der Waals surface area contributed by atoms with E-state index in [4.69, 9.17) is 15.2 Å². The predicted octanol–water partition coefficient (Wildman–Crippen LogP) is 1.02. The van der Waals surface area contributed by atoms with E-state index in [2.05, 4.69) is 4.98 Å². The number of anilines is 2. The molecule has 0 atom stereocenters. The van der Waals surface area contributed by atoms with Gasteiger partial charge in [0.15, 0.2) is 12.3 Å². The zero-order valence-electron chi connectivity index (χ0n) is 19.3. The summed E-state index contributed by atoms with van der Waals surface area (Å²) in [7, 11) is 1.41. The van der Waals surface area contributed by atoms with Crippen molar-refractivity contribution in [3.05, 3.63) is 86.1 Å². The minimum Gasteiger partial charge on any atom is -0.507 e. The molecule has 1 aromatic heterocycles. The average molecular weight is 482 g/mol. The molecule has 1 amide bonds. The van der Waals surface area contributed by atoms with Gasteiger partial charge in [0, 0.05) is 13.7 Å². The number of nitrogen functional groups attached to an aromatic ring is 1. The largest absolute Gasteiger partial charge is 0.507 e. The molecule has 35 heavy (non-hydrogen) atoms. The normalized spacial score (nSPS) is 10.7. The Balaban J connectivity index is 1.90. The van der Waals surface area contributed by atoms with Crippen LogP contribution in [0.3, 0.4) is 0 Å². The number of aromatic hydroxyl groups is 1. The first-order valence-electron chi connectivity index (χ1n) is 10.7. The molecule has 0 spiro atoms. The molecule has 0 saturated carbocycles. The number of rotatable bonds is 9. The minimum atomic E-state index is -0.915. The fraction of sp³-hybridized carbons (Fsp3) is 0.250. The number of H-pyrrole nitrogens is 1. The second kappa shape index (κ2) is 11.2. The van der Waals surface area contributed by atoms with E-state index in [1.807, 2.05) is 6.07 Å². The van der Waals surface area contributed by atoms with Gasteiger partial charge in [-0.15, -0.1) is 0 Å². The lowest BCUT2D eigenvalue weighted by molar-refractivity contribution is -0.121. The fourth-order valence-electron chi connectivity index (χ4n) is 3.41. The van der Waals surface area contributed by atoms with E-state index < -0.39 is 29.7 Å². The van der Waals surface area contributed by atoms with Gasteiger partial charge >= 0.3 is 11.7 Å². The van der Waals surface area contributed by atoms with Crippen LogP contribution >= 0.6 is 0 Å². The second-order valence-corrected chi connectivity index (χ2v) is 7.65. The van der Waals surface area contributed by atoms with Gasteiger partial charge in [0.1, 0.15) is 17.1 Å². The molecule has 11 heteroatoms. The van der Waals surface area contributed by atoms with Gasteiger partial charge < -0.3 is 20.3 Å². The standard InChI is InChI=1S/C24H26N4O7/c1-15-7-6-10-17(20(15)30)23(32)35-14-18(29)27(11-12-34-2)19-21(25)28(24(33)26-22(19)31)13-16-8-4-3-5-9-16/h3-10,30H,11-14,25H2,1-2H3,(H,26,31,33). The molecule has 4 N–H and O–H groups in total. The summed E-state index contributed by atoms with van der Waals surface area (Å²) < 4.78 is 11.3. The van der Waals surface area contributed by atoms with Crippen molar-refractivity contribution in [2.24, 2.45) is 0 Å². The summed E-state index contributed by atoms with van der Waals surface area (Å²) in [5.41, 5.74) is 5.43. The lowest BCUT2D eigenvalue weighted by Gasteiger charge is -2.24. The maximum absolute atomic E-state index is 13.0. The van der Waals surface area contributed by atoms with Gasteiger partial charge in [-0.2, -0.15) is 0 Å². The quantitative estimate of drug-likeness (QED) is 0.382. The number of phenols is 1. The zero-order valence-corrected chi connectivity index (χ0v) is 19.3. The van der Waals surface area contributed by atoms with Crippen LogP contribution in [-0.2, 0) is 20.8 Å². The van der Waals surface area contributed by atoms with Crippen LogP contribution in [0, 0.1) is 6.92 Å². The first-order valence-corrected chi connectivity index (χ1v) is 10.7. The number of para-hydroxylation sites is 1. The van der Waals surface area contributed by atoms with Crippen LogP contribution in [-0.4, -0.2) is 53.4 Å². The molecule has 2 aromatic carbocycles. The third kappa shape index (κ3) is 5.76. The Morgan fingerprint density at radius 2 is 1.83 bits per heavy atom. The van der Waals surface area contributed by atoms with Gasteiger partial charge in [0.05, 0.1) is 13.2 Å². The van der Waals surface area contributed by atoms with Crippen LogP contribution < -0.4 is 21.9 Å². The molecule has 184 valence electrons. The highest BCUT2D eigenvalue weighted by Crippen LogP contribution is 2.22. The van der Waals surface area contributed by atoms with Gasteiger partial charge in [0.2, 0.25) is 0 Å². The molecule has 0 saturated heterocycles. The van der Waals surface area contributed by atoms with E-state index in [0.29, 0.717) is 5.56 Å². The average Bonchev–Trinajstić information content (AvgIpc) is 2.84. The van der Waals surface area contributed by atoms with Gasteiger partial charge in [0.25, 0.3) is 11.5 Å². The molecule has 3 aromatic rings. The first-order chi connectivity index (χ1) is 16.7. The first kappa shape index (κ1) is 25.2. The summed E-state index contributed by atoms with van der Waals surface area (Å²) in [4.78, 5) is 53.8. The summed E-state index contributed by atoms with van der Waals surface area (Å²) in [6, 6.07) is 13.5. The van der Waals surface area contributed by atoms with Crippen LogP contribution in [0.5, 0.6) is 5.75 Å². The highest BCUT2D eigenvalue weighted by molar-refractivity contribution is 5.99. The molecule has 11 nitrogen and oxygen atoms in total. The van der Waals surface area contributed by atoms with Crippen molar-refractivity contribution in [2.45, 2.75) is 13.5 Å². The Bertz CT molecular complexity index is 1330. The van der Waals surface area contributed by atoms with Crippen LogP contribution in [0.4, 0.5) is 11.5 Å². The van der Waals surface area contributed by atoms with Gasteiger partial charge in [-0.3, -0.25) is 24.0 Å². The van der Waals surface area contributed by atoms with Crippen LogP contribution in [0.25, 0.3) is 0 Å². The number of aromatic nitrogens is 2. The smallest absolute Gasteiger partial charge is 0.342 e. The van der Waals surface area contributed by atoms with E-state index in [9.17, 15) is 24.3 Å². The van der Waals surface area contributed by atoms with Crippen LogP contribution in [0.2, 0.25) is 0 Å². The summed E-state index contributed by atoms with van der Waals surface area (Å²) in [5.74, 6) is -2.17. The number of hydrogen-bond acceptors (Lipinski definition) is 8. The van der Waals surface area contributed by atoms with Crippen molar-refractivity contribution in [1.29, 1.82) is 0 Å². The van der Waals surface area contributed by atoms with E-state index >= 15 is 0 Å². The van der Waals surface area contributed by atoms with Crippen LogP contribution in [0.15, 0.2) is 58.1 Å². The van der Waals surface area contributed by atoms with Crippen molar-refractivity contribution in [1.82, 2.24) is 9.55 Å². The fourth-order valence-corrected chi connectivity index (χ4v) is 3.41. The number of methoxy groups -OCH3 is 1. The number of nitrogens with zero attached hydrogens (tertiary/aromatic N) is 2. The number of aryl methyl sites for hydroxylation is 1. The third-order valence-corrected chi connectivity index (χ3v) is 5.27. The lowest BCUT2D eigenvalue weighted by atomic mass is 10.1. The van der Waals surface area contributed by atoms with Crippen molar-refractivity contribution in [3.63, 3.8) is 0 Å². The zero-order chi connectivity index (χ0) is 25.5. The maximum atomic E-state index is 13.0. The van der Waals surface area contributed by atoms with Crippen molar-refractivity contribution in [2.75, 3.05) is 37.5 Å². The van der Waals surface area contributed by atoms with E-state index in [1.165, 1.54) is 13.2 Å². The van der Waals surface area contributed by atoms with Gasteiger partial charge in [-0.1, -0.05) is 42.5 Å². The molecule has 0 fully saturated rings. The lowest BCUT2D eigenvalue weighted by Crippen LogP contribution is -2.44. The third-order valence-electron chi connectivity index (χ3n) is 5.27. The summed E-state index contributed by atoms with van der Waals surface area (Å²) in [5, 5.41) is 10.1. The number of nitrogens with one attached hydrogen (secondary N) is 1. The minimum absolute atomic E-state index is 0.0368. The highest BCUT2D eigenvalue weighted by atomic mass is 16.5. The Kier molecular flexibility index (Phi) is 8.05. The SMILES string of the molecule is COCCN(C(=O)COC(=O)c1cccc(C)c1O)c1c(N)n(Cc2ccccc2)c(=O)[nH]c1=O. The molecule has 0 aliphatic rings.